The maximum absolute atomic E-state index is 13.5. The fraction of sp³-hybridized carbons (Fsp3) is 0.562. The summed E-state index contributed by atoms with van der Waals surface area (Å²) < 4.78 is 13.5. The third-order valence-electron chi connectivity index (χ3n) is 4.90. The summed E-state index contributed by atoms with van der Waals surface area (Å²) in [6.45, 7) is 1.83. The molecule has 0 aromatic heterocycles. The van der Waals surface area contributed by atoms with E-state index in [0.717, 1.165) is 44.3 Å². The van der Waals surface area contributed by atoms with E-state index < -0.39 is 5.41 Å². The molecule has 1 aliphatic carbocycles. The largest absolute Gasteiger partial charge is 0.341 e. The van der Waals surface area contributed by atoms with Gasteiger partial charge in [-0.1, -0.05) is 18.6 Å². The number of hydrogen-bond donors (Lipinski definition) is 1. The van der Waals surface area contributed by atoms with Crippen LogP contribution in [0.2, 0.25) is 0 Å². The lowest BCUT2D eigenvalue weighted by Crippen LogP contribution is -2.53. The van der Waals surface area contributed by atoms with Crippen LogP contribution in [0.15, 0.2) is 24.3 Å². The summed E-state index contributed by atoms with van der Waals surface area (Å²) >= 11 is 0. The monoisotopic (exact) mass is 276 g/mol. The first kappa shape index (κ1) is 13.6. The number of carbonyl (C=O) groups excluding carboxylic acids is 1. The Balaban J connectivity index is 1.86. The molecule has 2 aliphatic rings. The van der Waals surface area contributed by atoms with Crippen LogP contribution >= 0.6 is 0 Å². The van der Waals surface area contributed by atoms with Gasteiger partial charge in [-0.25, -0.2) is 4.39 Å². The number of halogens is 1. The number of likely N-dealkylation sites (N-methyl/N-ethyl adjacent to an activating group) is 1. The van der Waals surface area contributed by atoms with Crippen LogP contribution in [0.3, 0.4) is 0 Å². The standard InChI is InChI=1S/C16H21FN2O/c1-19(14-6-9-18-11-14)15(20)16(7-3-8-16)12-4-2-5-13(17)10-12/h2,4-5,10,14,18H,3,6-9,11H2,1H3. The molecule has 1 aromatic carbocycles. The maximum atomic E-state index is 13.5. The molecule has 1 amide bonds. The first-order chi connectivity index (χ1) is 9.63. The van der Waals surface area contributed by atoms with Gasteiger partial charge in [0.2, 0.25) is 5.91 Å². The van der Waals surface area contributed by atoms with Crippen LogP contribution in [-0.4, -0.2) is 37.0 Å². The highest BCUT2D eigenvalue weighted by Crippen LogP contribution is 2.45. The van der Waals surface area contributed by atoms with E-state index >= 15 is 0 Å². The lowest BCUT2D eigenvalue weighted by atomic mass is 9.63. The molecule has 0 bridgehead atoms. The normalized spacial score (nSPS) is 24.2. The number of hydrogen-bond acceptors (Lipinski definition) is 2. The summed E-state index contributed by atoms with van der Waals surface area (Å²) in [5, 5.41) is 3.29. The molecule has 0 spiro atoms. The van der Waals surface area contributed by atoms with Crippen molar-refractivity contribution in [3.8, 4) is 0 Å². The maximum Gasteiger partial charge on any atom is 0.233 e. The van der Waals surface area contributed by atoms with Gasteiger partial charge in [0, 0.05) is 19.6 Å². The van der Waals surface area contributed by atoms with Gasteiger partial charge in [-0.3, -0.25) is 4.79 Å². The van der Waals surface area contributed by atoms with Crippen LogP contribution in [0.25, 0.3) is 0 Å². The lowest BCUT2D eigenvalue weighted by Gasteiger charge is -2.44. The highest BCUT2D eigenvalue weighted by molar-refractivity contribution is 5.89. The second kappa shape index (κ2) is 5.17. The molecule has 1 N–H and O–H groups in total. The zero-order chi connectivity index (χ0) is 14.2. The van der Waals surface area contributed by atoms with Gasteiger partial charge in [0.25, 0.3) is 0 Å². The Morgan fingerprint density at radius 1 is 1.45 bits per heavy atom. The molecule has 3 nitrogen and oxygen atoms in total. The molecular weight excluding hydrogens is 255 g/mol. The van der Waals surface area contributed by atoms with E-state index in [1.54, 1.807) is 6.07 Å². The molecule has 4 heteroatoms. The molecule has 1 aliphatic heterocycles. The van der Waals surface area contributed by atoms with Crippen LogP contribution in [0.5, 0.6) is 0 Å². The van der Waals surface area contributed by atoms with Crippen LogP contribution in [-0.2, 0) is 10.2 Å². The number of nitrogens with one attached hydrogen (secondary N) is 1. The molecule has 1 unspecified atom stereocenters. The van der Waals surface area contributed by atoms with Crippen molar-refractivity contribution in [3.63, 3.8) is 0 Å². The topological polar surface area (TPSA) is 32.3 Å². The second-order valence-electron chi connectivity index (χ2n) is 6.01. The van der Waals surface area contributed by atoms with E-state index in [1.807, 2.05) is 18.0 Å². The van der Waals surface area contributed by atoms with E-state index in [9.17, 15) is 9.18 Å². The van der Waals surface area contributed by atoms with Crippen LogP contribution in [0.1, 0.15) is 31.2 Å². The van der Waals surface area contributed by atoms with Gasteiger partial charge in [-0.05, 0) is 43.5 Å². The molecule has 3 rings (SSSR count). The van der Waals surface area contributed by atoms with Gasteiger partial charge in [0.15, 0.2) is 0 Å². The van der Waals surface area contributed by atoms with Crippen molar-refractivity contribution in [1.29, 1.82) is 0 Å². The van der Waals surface area contributed by atoms with Crippen molar-refractivity contribution in [3.05, 3.63) is 35.6 Å². The Hall–Kier alpha value is -1.42. The molecule has 1 aromatic rings. The Morgan fingerprint density at radius 2 is 2.25 bits per heavy atom. The minimum atomic E-state index is -0.487. The van der Waals surface area contributed by atoms with E-state index in [1.165, 1.54) is 12.1 Å². The Morgan fingerprint density at radius 3 is 2.80 bits per heavy atom. The van der Waals surface area contributed by atoms with Gasteiger partial charge < -0.3 is 10.2 Å². The zero-order valence-electron chi connectivity index (χ0n) is 11.9. The average molecular weight is 276 g/mol. The van der Waals surface area contributed by atoms with Gasteiger partial charge >= 0.3 is 0 Å². The molecule has 1 heterocycles. The minimum Gasteiger partial charge on any atom is -0.341 e. The minimum absolute atomic E-state index is 0.156. The number of rotatable bonds is 3. The van der Waals surface area contributed by atoms with Gasteiger partial charge in [-0.2, -0.15) is 0 Å². The zero-order valence-corrected chi connectivity index (χ0v) is 11.9. The van der Waals surface area contributed by atoms with Gasteiger partial charge in [0.1, 0.15) is 5.82 Å². The highest BCUT2D eigenvalue weighted by Gasteiger charge is 2.48. The molecule has 2 fully saturated rings. The molecule has 20 heavy (non-hydrogen) atoms. The summed E-state index contributed by atoms with van der Waals surface area (Å²) in [4.78, 5) is 14.8. The van der Waals surface area contributed by atoms with E-state index in [-0.39, 0.29) is 17.8 Å². The van der Waals surface area contributed by atoms with Crippen LogP contribution in [0.4, 0.5) is 4.39 Å². The highest BCUT2D eigenvalue weighted by atomic mass is 19.1. The van der Waals surface area contributed by atoms with Crippen molar-refractivity contribution in [2.45, 2.75) is 37.1 Å². The van der Waals surface area contributed by atoms with Crippen molar-refractivity contribution in [1.82, 2.24) is 10.2 Å². The van der Waals surface area contributed by atoms with E-state index in [4.69, 9.17) is 0 Å². The van der Waals surface area contributed by atoms with Crippen molar-refractivity contribution in [2.24, 2.45) is 0 Å². The SMILES string of the molecule is CN(C(=O)C1(c2cccc(F)c2)CCC1)C1CCNC1. The van der Waals surface area contributed by atoms with Crippen molar-refractivity contribution >= 4 is 5.91 Å². The molecule has 1 saturated heterocycles. The van der Waals surface area contributed by atoms with E-state index in [2.05, 4.69) is 5.32 Å². The quantitative estimate of drug-likeness (QED) is 0.916. The summed E-state index contributed by atoms with van der Waals surface area (Å²) in [6.07, 6.45) is 3.71. The Bertz CT molecular complexity index is 507. The summed E-state index contributed by atoms with van der Waals surface area (Å²) in [5.74, 6) is -0.102. The third kappa shape index (κ3) is 2.12. The molecular formula is C16H21FN2O. The first-order valence-corrected chi connectivity index (χ1v) is 7.37. The molecule has 0 radical (unpaired) electrons. The number of nitrogens with zero attached hydrogens (tertiary/aromatic N) is 1. The van der Waals surface area contributed by atoms with Crippen LogP contribution in [0, 0.1) is 5.82 Å². The predicted molar refractivity (Wildman–Crippen MR) is 76.0 cm³/mol. The van der Waals surface area contributed by atoms with Gasteiger partial charge in [-0.15, -0.1) is 0 Å². The number of benzene rings is 1. The van der Waals surface area contributed by atoms with E-state index in [0.29, 0.717) is 0 Å². The Kier molecular flexibility index (Phi) is 3.50. The lowest BCUT2D eigenvalue weighted by molar-refractivity contribution is -0.141. The van der Waals surface area contributed by atoms with Crippen LogP contribution < -0.4 is 5.32 Å². The number of carbonyl (C=O) groups is 1. The second-order valence-corrected chi connectivity index (χ2v) is 6.01. The molecule has 108 valence electrons. The number of amides is 1. The van der Waals surface area contributed by atoms with Gasteiger partial charge in [0.05, 0.1) is 5.41 Å². The van der Waals surface area contributed by atoms with Crippen molar-refractivity contribution in [2.75, 3.05) is 20.1 Å². The molecule has 1 atom stereocenters. The summed E-state index contributed by atoms with van der Waals surface area (Å²) in [6, 6.07) is 6.83. The predicted octanol–water partition coefficient (Wildman–Crippen LogP) is 2.07. The van der Waals surface area contributed by atoms with Crippen molar-refractivity contribution < 1.29 is 9.18 Å². The fourth-order valence-electron chi connectivity index (χ4n) is 3.42. The summed E-state index contributed by atoms with van der Waals surface area (Å²) in [5.41, 5.74) is 0.353. The summed E-state index contributed by atoms with van der Waals surface area (Å²) in [7, 11) is 1.89. The fourth-order valence-corrected chi connectivity index (χ4v) is 3.42. The third-order valence-corrected chi connectivity index (χ3v) is 4.90. The average Bonchev–Trinajstić information content (AvgIpc) is 2.90. The first-order valence-electron chi connectivity index (χ1n) is 7.37. The Labute approximate surface area is 119 Å². The smallest absolute Gasteiger partial charge is 0.233 e. The molecule has 1 saturated carbocycles.